The average molecular weight is 252 g/mol. The Morgan fingerprint density at radius 2 is 1.89 bits per heavy atom. The molecule has 4 heteroatoms. The molecule has 0 fully saturated rings. The number of rotatable bonds is 5. The van der Waals surface area contributed by atoms with Gasteiger partial charge in [-0.25, -0.2) is 0 Å². The lowest BCUT2D eigenvalue weighted by atomic mass is 10.1. The van der Waals surface area contributed by atoms with Crippen molar-refractivity contribution in [3.05, 3.63) is 22.6 Å². The third kappa shape index (κ3) is 2.93. The van der Waals surface area contributed by atoms with Crippen LogP contribution in [0.25, 0.3) is 0 Å². The summed E-state index contributed by atoms with van der Waals surface area (Å²) in [6, 6.07) is 0.165. The largest absolute Gasteiger partial charge is 0.466 e. The highest BCUT2D eigenvalue weighted by atomic mass is 16.3. The van der Waals surface area contributed by atoms with E-state index in [1.165, 1.54) is 0 Å². The maximum absolute atomic E-state index is 12.6. The molecule has 0 aliphatic carbocycles. The molecule has 1 amide bonds. The van der Waals surface area contributed by atoms with Gasteiger partial charge in [0.15, 0.2) is 0 Å². The summed E-state index contributed by atoms with van der Waals surface area (Å²) in [5.41, 5.74) is 7.17. The molecule has 0 radical (unpaired) electrons. The van der Waals surface area contributed by atoms with Gasteiger partial charge in [-0.15, -0.1) is 0 Å². The quantitative estimate of drug-likeness (QED) is 0.875. The van der Waals surface area contributed by atoms with Gasteiger partial charge in [-0.1, -0.05) is 0 Å². The molecule has 4 nitrogen and oxygen atoms in total. The first-order chi connectivity index (χ1) is 8.40. The van der Waals surface area contributed by atoms with E-state index < -0.39 is 0 Å². The molecule has 0 aromatic carbocycles. The molecule has 0 bridgehead atoms. The Morgan fingerprint density at radius 3 is 2.28 bits per heavy atom. The van der Waals surface area contributed by atoms with Gasteiger partial charge in [-0.3, -0.25) is 4.79 Å². The highest BCUT2D eigenvalue weighted by Crippen LogP contribution is 2.23. The lowest BCUT2D eigenvalue weighted by Crippen LogP contribution is -2.38. The Bertz CT molecular complexity index is 422. The van der Waals surface area contributed by atoms with Gasteiger partial charge in [-0.2, -0.15) is 0 Å². The van der Waals surface area contributed by atoms with Crippen molar-refractivity contribution >= 4 is 5.91 Å². The van der Waals surface area contributed by atoms with Crippen molar-refractivity contribution < 1.29 is 9.21 Å². The van der Waals surface area contributed by atoms with Gasteiger partial charge >= 0.3 is 0 Å². The molecule has 1 aromatic rings. The average Bonchev–Trinajstić information content (AvgIpc) is 2.53. The number of carbonyl (C=O) groups is 1. The van der Waals surface area contributed by atoms with E-state index in [-0.39, 0.29) is 11.9 Å². The van der Waals surface area contributed by atoms with Crippen molar-refractivity contribution in [2.24, 2.45) is 5.73 Å². The second kappa shape index (κ2) is 6.05. The lowest BCUT2D eigenvalue weighted by molar-refractivity contribution is 0.0702. The first-order valence-electron chi connectivity index (χ1n) is 6.47. The summed E-state index contributed by atoms with van der Waals surface area (Å²) < 4.78 is 5.53. The fourth-order valence-corrected chi connectivity index (χ4v) is 2.11. The van der Waals surface area contributed by atoms with Gasteiger partial charge in [0.1, 0.15) is 11.5 Å². The summed E-state index contributed by atoms with van der Waals surface area (Å²) in [5, 5.41) is 0. The van der Waals surface area contributed by atoms with Gasteiger partial charge < -0.3 is 15.1 Å². The summed E-state index contributed by atoms with van der Waals surface area (Å²) in [6.07, 6.45) is 0.818. The molecule has 1 heterocycles. The van der Waals surface area contributed by atoms with Crippen molar-refractivity contribution in [2.75, 3.05) is 13.1 Å². The molecule has 0 aliphatic rings. The topological polar surface area (TPSA) is 59.5 Å². The molecular weight excluding hydrogens is 228 g/mol. The first-order valence-corrected chi connectivity index (χ1v) is 6.47. The minimum absolute atomic E-state index is 0.0466. The molecule has 102 valence electrons. The summed E-state index contributed by atoms with van der Waals surface area (Å²) in [5.74, 6) is 1.57. The van der Waals surface area contributed by atoms with E-state index >= 15 is 0 Å². The molecule has 0 saturated heterocycles. The molecule has 2 N–H and O–H groups in total. The molecule has 0 atom stereocenters. The number of carbonyl (C=O) groups excluding carboxylic acids is 1. The van der Waals surface area contributed by atoms with Crippen molar-refractivity contribution in [1.29, 1.82) is 0 Å². The predicted molar refractivity (Wildman–Crippen MR) is 72.8 cm³/mol. The molecule has 0 saturated carbocycles. The highest BCUT2D eigenvalue weighted by Gasteiger charge is 2.24. The summed E-state index contributed by atoms with van der Waals surface area (Å²) in [4.78, 5) is 14.4. The van der Waals surface area contributed by atoms with Gasteiger partial charge in [0.05, 0.1) is 5.56 Å². The zero-order valence-corrected chi connectivity index (χ0v) is 12.0. The fourth-order valence-electron chi connectivity index (χ4n) is 2.11. The van der Waals surface area contributed by atoms with Gasteiger partial charge in [0.2, 0.25) is 0 Å². The number of hydrogen-bond donors (Lipinski definition) is 1. The van der Waals surface area contributed by atoms with Crippen LogP contribution in [0.1, 0.15) is 47.7 Å². The van der Waals surface area contributed by atoms with Crippen LogP contribution in [0.3, 0.4) is 0 Å². The van der Waals surface area contributed by atoms with Crippen LogP contribution in [-0.2, 0) is 0 Å². The third-order valence-corrected chi connectivity index (χ3v) is 3.26. The Balaban J connectivity index is 3.02. The van der Waals surface area contributed by atoms with Gasteiger partial charge in [0, 0.05) is 18.2 Å². The first kappa shape index (κ1) is 14.8. The van der Waals surface area contributed by atoms with Crippen molar-refractivity contribution in [3.63, 3.8) is 0 Å². The Kier molecular flexibility index (Phi) is 4.96. The zero-order chi connectivity index (χ0) is 13.9. The minimum Gasteiger partial charge on any atom is -0.466 e. The smallest absolute Gasteiger partial charge is 0.257 e. The van der Waals surface area contributed by atoms with Crippen LogP contribution in [-0.4, -0.2) is 29.9 Å². The van der Waals surface area contributed by atoms with E-state index in [0.29, 0.717) is 24.4 Å². The highest BCUT2D eigenvalue weighted by molar-refractivity contribution is 5.97. The van der Waals surface area contributed by atoms with Crippen LogP contribution in [0.5, 0.6) is 0 Å². The Labute approximate surface area is 109 Å². The van der Waals surface area contributed by atoms with E-state index in [4.69, 9.17) is 10.2 Å². The minimum atomic E-state index is 0.0466. The molecular formula is C14H24N2O2. The number of aryl methyl sites for hydroxylation is 2. The van der Waals surface area contributed by atoms with Crippen molar-refractivity contribution in [3.8, 4) is 0 Å². The molecule has 0 aliphatic heterocycles. The van der Waals surface area contributed by atoms with E-state index in [1.807, 2.05) is 39.5 Å². The second-order valence-electron chi connectivity index (χ2n) is 4.95. The SMILES string of the molecule is Cc1oc(C)c(C(=O)N(CCCN)C(C)C)c1C. The maximum atomic E-state index is 12.6. The molecule has 18 heavy (non-hydrogen) atoms. The monoisotopic (exact) mass is 252 g/mol. The van der Waals surface area contributed by atoms with Crippen LogP contribution < -0.4 is 5.73 Å². The fraction of sp³-hybridized carbons (Fsp3) is 0.643. The Morgan fingerprint density at radius 1 is 1.28 bits per heavy atom. The number of nitrogens with two attached hydrogens (primary N) is 1. The van der Waals surface area contributed by atoms with Crippen LogP contribution in [0.15, 0.2) is 4.42 Å². The molecule has 0 unspecified atom stereocenters. The van der Waals surface area contributed by atoms with E-state index in [9.17, 15) is 4.79 Å². The zero-order valence-electron chi connectivity index (χ0n) is 12.0. The molecule has 1 rings (SSSR count). The number of furan rings is 1. The van der Waals surface area contributed by atoms with Gasteiger partial charge in [-0.05, 0) is 47.6 Å². The standard InChI is InChI=1S/C14H24N2O2/c1-9(2)16(8-6-7-15)14(17)13-10(3)11(4)18-12(13)5/h9H,6-8,15H2,1-5H3. The molecule has 0 spiro atoms. The second-order valence-corrected chi connectivity index (χ2v) is 4.95. The van der Waals surface area contributed by atoms with Crippen LogP contribution in [0.4, 0.5) is 0 Å². The van der Waals surface area contributed by atoms with Gasteiger partial charge in [0.25, 0.3) is 5.91 Å². The number of nitrogens with zero attached hydrogens (tertiary/aromatic N) is 1. The normalized spacial score (nSPS) is 11.1. The Hall–Kier alpha value is -1.29. The molecule has 1 aromatic heterocycles. The maximum Gasteiger partial charge on any atom is 0.257 e. The summed E-state index contributed by atoms with van der Waals surface area (Å²) in [7, 11) is 0. The van der Waals surface area contributed by atoms with Crippen LogP contribution in [0.2, 0.25) is 0 Å². The van der Waals surface area contributed by atoms with Crippen molar-refractivity contribution in [1.82, 2.24) is 4.90 Å². The van der Waals surface area contributed by atoms with Crippen LogP contribution >= 0.6 is 0 Å². The number of hydrogen-bond acceptors (Lipinski definition) is 3. The van der Waals surface area contributed by atoms with Crippen LogP contribution in [0, 0.1) is 20.8 Å². The van der Waals surface area contributed by atoms with E-state index in [0.717, 1.165) is 17.7 Å². The predicted octanol–water partition coefficient (Wildman–Crippen LogP) is 2.40. The lowest BCUT2D eigenvalue weighted by Gasteiger charge is -2.26. The van der Waals surface area contributed by atoms with E-state index in [1.54, 1.807) is 0 Å². The summed E-state index contributed by atoms with van der Waals surface area (Å²) >= 11 is 0. The summed E-state index contributed by atoms with van der Waals surface area (Å²) in [6.45, 7) is 11.0. The third-order valence-electron chi connectivity index (χ3n) is 3.26. The van der Waals surface area contributed by atoms with Crippen molar-refractivity contribution in [2.45, 2.75) is 47.1 Å². The van der Waals surface area contributed by atoms with E-state index in [2.05, 4.69) is 0 Å². The number of amides is 1.